The SMILES string of the molecule is CC(CN)CCCNC1(C)CCCOC1. The molecular weight excluding hydrogens is 188 g/mol. The molecule has 0 aromatic carbocycles. The van der Waals surface area contributed by atoms with E-state index >= 15 is 0 Å². The van der Waals surface area contributed by atoms with Crippen LogP contribution >= 0.6 is 0 Å². The summed E-state index contributed by atoms with van der Waals surface area (Å²) in [4.78, 5) is 0. The Morgan fingerprint density at radius 3 is 2.93 bits per heavy atom. The molecule has 0 aliphatic carbocycles. The van der Waals surface area contributed by atoms with Crippen molar-refractivity contribution in [3.05, 3.63) is 0 Å². The molecule has 0 aromatic heterocycles. The van der Waals surface area contributed by atoms with Crippen molar-refractivity contribution < 1.29 is 4.74 Å². The first-order valence-electron chi connectivity index (χ1n) is 6.19. The maximum Gasteiger partial charge on any atom is 0.0645 e. The summed E-state index contributed by atoms with van der Waals surface area (Å²) in [6.07, 6.45) is 4.86. The van der Waals surface area contributed by atoms with Crippen LogP contribution in [-0.4, -0.2) is 31.8 Å². The van der Waals surface area contributed by atoms with Gasteiger partial charge in [-0.15, -0.1) is 0 Å². The maximum absolute atomic E-state index is 5.58. The molecule has 0 amide bonds. The number of rotatable bonds is 6. The highest BCUT2D eigenvalue weighted by Crippen LogP contribution is 2.18. The monoisotopic (exact) mass is 214 g/mol. The van der Waals surface area contributed by atoms with E-state index in [0.717, 1.165) is 26.3 Å². The summed E-state index contributed by atoms with van der Waals surface area (Å²) in [6, 6.07) is 0. The number of nitrogens with one attached hydrogen (secondary N) is 1. The molecule has 0 spiro atoms. The van der Waals surface area contributed by atoms with Crippen molar-refractivity contribution in [3.63, 3.8) is 0 Å². The van der Waals surface area contributed by atoms with Crippen LogP contribution in [0.15, 0.2) is 0 Å². The Labute approximate surface area is 93.8 Å². The van der Waals surface area contributed by atoms with Crippen molar-refractivity contribution in [3.8, 4) is 0 Å². The molecule has 1 rings (SSSR count). The topological polar surface area (TPSA) is 47.3 Å². The van der Waals surface area contributed by atoms with E-state index in [0.29, 0.717) is 5.92 Å². The van der Waals surface area contributed by atoms with Gasteiger partial charge in [0.05, 0.1) is 6.61 Å². The number of ether oxygens (including phenoxy) is 1. The van der Waals surface area contributed by atoms with E-state index in [1.54, 1.807) is 0 Å². The van der Waals surface area contributed by atoms with Crippen LogP contribution in [0.1, 0.15) is 39.5 Å². The standard InChI is InChI=1S/C12H26N2O/c1-11(9-13)5-3-7-14-12(2)6-4-8-15-10-12/h11,14H,3-10,13H2,1-2H3. The van der Waals surface area contributed by atoms with Gasteiger partial charge < -0.3 is 15.8 Å². The second kappa shape index (κ2) is 6.46. The summed E-state index contributed by atoms with van der Waals surface area (Å²) in [5, 5.41) is 3.61. The average Bonchev–Trinajstić information content (AvgIpc) is 2.25. The van der Waals surface area contributed by atoms with E-state index in [2.05, 4.69) is 19.2 Å². The van der Waals surface area contributed by atoms with Crippen molar-refractivity contribution in [1.29, 1.82) is 0 Å². The van der Waals surface area contributed by atoms with Crippen LogP contribution in [0, 0.1) is 5.92 Å². The molecule has 3 nitrogen and oxygen atoms in total. The molecular formula is C12H26N2O. The van der Waals surface area contributed by atoms with Gasteiger partial charge >= 0.3 is 0 Å². The van der Waals surface area contributed by atoms with E-state index < -0.39 is 0 Å². The number of hydrogen-bond acceptors (Lipinski definition) is 3. The molecule has 0 radical (unpaired) electrons. The van der Waals surface area contributed by atoms with Gasteiger partial charge in [0.2, 0.25) is 0 Å². The molecule has 1 saturated heterocycles. The quantitative estimate of drug-likeness (QED) is 0.659. The minimum Gasteiger partial charge on any atom is -0.380 e. The Balaban J connectivity index is 2.08. The summed E-state index contributed by atoms with van der Waals surface area (Å²) in [7, 11) is 0. The molecule has 0 aromatic rings. The van der Waals surface area contributed by atoms with E-state index in [-0.39, 0.29) is 5.54 Å². The lowest BCUT2D eigenvalue weighted by Gasteiger charge is -2.34. The highest BCUT2D eigenvalue weighted by molar-refractivity contribution is 4.85. The zero-order valence-corrected chi connectivity index (χ0v) is 10.2. The molecule has 15 heavy (non-hydrogen) atoms. The molecule has 1 aliphatic rings. The second-order valence-electron chi connectivity index (χ2n) is 5.13. The van der Waals surface area contributed by atoms with E-state index in [1.165, 1.54) is 25.7 Å². The van der Waals surface area contributed by atoms with Crippen molar-refractivity contribution in [1.82, 2.24) is 5.32 Å². The van der Waals surface area contributed by atoms with Gasteiger partial charge in [0.1, 0.15) is 0 Å². The molecule has 1 aliphatic heterocycles. The van der Waals surface area contributed by atoms with Gasteiger partial charge in [-0.2, -0.15) is 0 Å². The largest absolute Gasteiger partial charge is 0.380 e. The lowest BCUT2D eigenvalue weighted by Crippen LogP contribution is -2.49. The van der Waals surface area contributed by atoms with Crippen LogP contribution in [0.3, 0.4) is 0 Å². The summed E-state index contributed by atoms with van der Waals surface area (Å²) >= 11 is 0. The van der Waals surface area contributed by atoms with Crippen LogP contribution in [-0.2, 0) is 4.74 Å². The van der Waals surface area contributed by atoms with Crippen LogP contribution in [0.25, 0.3) is 0 Å². The molecule has 0 saturated carbocycles. The highest BCUT2D eigenvalue weighted by Gasteiger charge is 2.26. The second-order valence-corrected chi connectivity index (χ2v) is 5.13. The third kappa shape index (κ3) is 4.96. The van der Waals surface area contributed by atoms with Crippen LogP contribution < -0.4 is 11.1 Å². The van der Waals surface area contributed by atoms with Gasteiger partial charge in [0, 0.05) is 12.1 Å². The van der Waals surface area contributed by atoms with Crippen LogP contribution in [0.5, 0.6) is 0 Å². The predicted octanol–water partition coefficient (Wildman–Crippen LogP) is 1.52. The molecule has 3 N–H and O–H groups in total. The summed E-state index contributed by atoms with van der Waals surface area (Å²) < 4.78 is 5.50. The van der Waals surface area contributed by atoms with Gasteiger partial charge in [-0.05, 0) is 51.6 Å². The summed E-state index contributed by atoms with van der Waals surface area (Å²) in [5.41, 5.74) is 5.80. The normalized spacial score (nSPS) is 29.0. The Morgan fingerprint density at radius 2 is 2.33 bits per heavy atom. The van der Waals surface area contributed by atoms with E-state index in [9.17, 15) is 0 Å². The lowest BCUT2D eigenvalue weighted by atomic mass is 9.94. The fraction of sp³-hybridized carbons (Fsp3) is 1.00. The van der Waals surface area contributed by atoms with Crippen molar-refractivity contribution >= 4 is 0 Å². The minimum atomic E-state index is 0.213. The Morgan fingerprint density at radius 1 is 1.53 bits per heavy atom. The Bertz CT molecular complexity index is 167. The Hall–Kier alpha value is -0.120. The van der Waals surface area contributed by atoms with Gasteiger partial charge in [-0.1, -0.05) is 6.92 Å². The first kappa shape index (κ1) is 12.9. The molecule has 90 valence electrons. The molecule has 2 atom stereocenters. The summed E-state index contributed by atoms with van der Waals surface area (Å²) in [5.74, 6) is 0.655. The smallest absolute Gasteiger partial charge is 0.0645 e. The summed E-state index contributed by atoms with van der Waals surface area (Å²) in [6.45, 7) is 8.16. The first-order chi connectivity index (χ1) is 7.16. The average molecular weight is 214 g/mol. The minimum absolute atomic E-state index is 0.213. The van der Waals surface area contributed by atoms with Gasteiger partial charge in [-0.25, -0.2) is 0 Å². The fourth-order valence-electron chi connectivity index (χ4n) is 2.03. The maximum atomic E-state index is 5.58. The van der Waals surface area contributed by atoms with Crippen LogP contribution in [0.2, 0.25) is 0 Å². The molecule has 1 fully saturated rings. The third-order valence-corrected chi connectivity index (χ3v) is 3.27. The zero-order chi connectivity index (χ0) is 11.1. The molecule has 3 heteroatoms. The Kier molecular flexibility index (Phi) is 5.58. The fourth-order valence-corrected chi connectivity index (χ4v) is 2.03. The number of hydrogen-bond donors (Lipinski definition) is 2. The molecule has 0 bridgehead atoms. The molecule has 2 unspecified atom stereocenters. The molecule has 1 heterocycles. The lowest BCUT2D eigenvalue weighted by molar-refractivity contribution is 0.0285. The van der Waals surface area contributed by atoms with Crippen molar-refractivity contribution in [2.45, 2.75) is 45.1 Å². The predicted molar refractivity (Wildman–Crippen MR) is 63.9 cm³/mol. The van der Waals surface area contributed by atoms with E-state index in [4.69, 9.17) is 10.5 Å². The third-order valence-electron chi connectivity index (χ3n) is 3.27. The van der Waals surface area contributed by atoms with Gasteiger partial charge in [-0.3, -0.25) is 0 Å². The van der Waals surface area contributed by atoms with Crippen molar-refractivity contribution in [2.24, 2.45) is 11.7 Å². The van der Waals surface area contributed by atoms with E-state index in [1.807, 2.05) is 0 Å². The first-order valence-corrected chi connectivity index (χ1v) is 6.19. The van der Waals surface area contributed by atoms with Gasteiger partial charge in [0.25, 0.3) is 0 Å². The zero-order valence-electron chi connectivity index (χ0n) is 10.2. The number of nitrogens with two attached hydrogens (primary N) is 1. The van der Waals surface area contributed by atoms with Crippen molar-refractivity contribution in [2.75, 3.05) is 26.3 Å². The van der Waals surface area contributed by atoms with Gasteiger partial charge in [0.15, 0.2) is 0 Å². The van der Waals surface area contributed by atoms with Crippen LogP contribution in [0.4, 0.5) is 0 Å². The highest BCUT2D eigenvalue weighted by atomic mass is 16.5.